The van der Waals surface area contributed by atoms with Gasteiger partial charge in [0.1, 0.15) is 0 Å². The number of nitrogens with zero attached hydrogens (tertiary/aromatic N) is 3. The minimum atomic E-state index is -2.17. The molecule has 2 atom stereocenters. The van der Waals surface area contributed by atoms with Crippen LogP contribution in [0, 0.1) is 16.0 Å². The zero-order chi connectivity index (χ0) is 14.0. The van der Waals surface area contributed by atoms with Crippen molar-refractivity contribution >= 4 is 29.0 Å². The second kappa shape index (κ2) is 5.81. The van der Waals surface area contributed by atoms with Crippen molar-refractivity contribution in [1.82, 2.24) is 4.90 Å². The van der Waals surface area contributed by atoms with Crippen molar-refractivity contribution < 1.29 is 9.66 Å². The van der Waals surface area contributed by atoms with Crippen LogP contribution in [0.5, 0.6) is 0 Å². The topological polar surface area (TPSA) is 68.0 Å². The van der Waals surface area contributed by atoms with Gasteiger partial charge in [0, 0.05) is 31.7 Å². The average molecular weight is 310 g/mol. The van der Waals surface area contributed by atoms with Crippen LogP contribution < -0.4 is 0 Å². The van der Waals surface area contributed by atoms with Gasteiger partial charge in [-0.2, -0.15) is 0 Å². The van der Waals surface area contributed by atoms with Gasteiger partial charge < -0.3 is 9.64 Å². The van der Waals surface area contributed by atoms with E-state index in [-0.39, 0.29) is 11.9 Å². The molecular formula is C11H17Cl2N3O3. The Labute approximate surface area is 121 Å². The van der Waals surface area contributed by atoms with Gasteiger partial charge in [-0.05, 0) is 43.0 Å². The lowest BCUT2D eigenvalue weighted by molar-refractivity contribution is -0.498. The number of nitro groups is 1. The van der Waals surface area contributed by atoms with Crippen LogP contribution in [0.3, 0.4) is 0 Å². The normalized spacial score (nSPS) is 28.4. The van der Waals surface area contributed by atoms with Crippen molar-refractivity contribution in [2.45, 2.75) is 30.3 Å². The first-order valence-electron chi connectivity index (χ1n) is 6.34. The molecule has 2 aliphatic heterocycles. The molecule has 2 rings (SSSR count). The highest BCUT2D eigenvalue weighted by atomic mass is 35.5. The van der Waals surface area contributed by atoms with Crippen LogP contribution in [-0.2, 0) is 4.74 Å². The molecule has 0 bridgehead atoms. The van der Waals surface area contributed by atoms with Gasteiger partial charge in [-0.3, -0.25) is 15.1 Å². The van der Waals surface area contributed by atoms with E-state index in [9.17, 15) is 10.1 Å². The summed E-state index contributed by atoms with van der Waals surface area (Å²) in [5.74, 6) is 0.508. The molecule has 2 aliphatic rings. The highest BCUT2D eigenvalue weighted by molar-refractivity contribution is 6.57. The number of hydrogen-bond donors (Lipinski definition) is 0. The third-order valence-electron chi connectivity index (χ3n) is 3.59. The molecule has 108 valence electrons. The van der Waals surface area contributed by atoms with Crippen LogP contribution in [-0.4, -0.2) is 52.5 Å². The number of halogens is 2. The number of hydrogen-bond acceptors (Lipinski definition) is 5. The maximum Gasteiger partial charge on any atom is 0.428 e. The Morgan fingerprint density at radius 2 is 2.32 bits per heavy atom. The van der Waals surface area contributed by atoms with Crippen molar-refractivity contribution in [3.05, 3.63) is 10.1 Å². The van der Waals surface area contributed by atoms with Gasteiger partial charge in [0.25, 0.3) is 0 Å². The first-order chi connectivity index (χ1) is 8.93. The molecule has 0 aromatic rings. The van der Waals surface area contributed by atoms with E-state index >= 15 is 0 Å². The fourth-order valence-electron chi connectivity index (χ4n) is 2.43. The summed E-state index contributed by atoms with van der Waals surface area (Å²) in [5, 5.41) is 11.0. The molecular weight excluding hydrogens is 293 g/mol. The molecule has 0 aliphatic carbocycles. The molecule has 2 heterocycles. The maximum atomic E-state index is 11.0. The van der Waals surface area contributed by atoms with Crippen LogP contribution in [0.4, 0.5) is 0 Å². The largest absolute Gasteiger partial charge is 0.428 e. The van der Waals surface area contributed by atoms with Crippen molar-refractivity contribution in [2.75, 3.05) is 26.3 Å². The van der Waals surface area contributed by atoms with E-state index in [0.717, 1.165) is 19.4 Å². The van der Waals surface area contributed by atoms with Crippen LogP contribution in [0.1, 0.15) is 19.8 Å². The number of ether oxygens (including phenoxy) is 1. The molecule has 6 nitrogen and oxygen atoms in total. The summed E-state index contributed by atoms with van der Waals surface area (Å²) in [6, 6.07) is 0.143. The third-order valence-corrected chi connectivity index (χ3v) is 4.20. The first-order valence-corrected chi connectivity index (χ1v) is 7.10. The lowest BCUT2D eigenvalue weighted by Crippen LogP contribution is -2.54. The van der Waals surface area contributed by atoms with Crippen molar-refractivity contribution in [1.29, 1.82) is 0 Å². The lowest BCUT2D eigenvalue weighted by atomic mass is 10.0. The lowest BCUT2D eigenvalue weighted by Gasteiger charge is -2.37. The fraction of sp³-hybridized carbons (Fsp3) is 0.909. The molecule has 8 heteroatoms. The minimum Gasteiger partial charge on any atom is -0.381 e. The van der Waals surface area contributed by atoms with E-state index in [4.69, 9.17) is 27.9 Å². The van der Waals surface area contributed by atoms with Crippen LogP contribution in [0.25, 0.3) is 0 Å². The standard InChI is InChI=1S/C11H17Cl2N3O3/c1-8-2-4-14-10(11(12,13)16(17)18)15(8)6-9-3-5-19-7-9/h8-9H,2-7H2,1H3. The first kappa shape index (κ1) is 14.8. The van der Waals surface area contributed by atoms with Gasteiger partial charge >= 0.3 is 4.46 Å². The predicted molar refractivity (Wildman–Crippen MR) is 73.4 cm³/mol. The minimum absolute atomic E-state index is 0.143. The predicted octanol–water partition coefficient (Wildman–Crippen LogP) is 1.92. The zero-order valence-corrected chi connectivity index (χ0v) is 12.2. The number of alkyl halides is 2. The SMILES string of the molecule is CC1CCN=C(C(Cl)(Cl)[N+](=O)[O-])N1CC1CCOC1. The molecule has 0 aromatic carbocycles. The molecule has 2 unspecified atom stereocenters. The molecule has 0 aromatic heterocycles. The third kappa shape index (κ3) is 3.12. The van der Waals surface area contributed by atoms with Crippen molar-refractivity contribution in [3.63, 3.8) is 0 Å². The molecule has 1 saturated heterocycles. The van der Waals surface area contributed by atoms with Crippen molar-refractivity contribution in [3.8, 4) is 0 Å². The highest BCUT2D eigenvalue weighted by Gasteiger charge is 2.49. The van der Waals surface area contributed by atoms with E-state index in [2.05, 4.69) is 4.99 Å². The van der Waals surface area contributed by atoms with Crippen molar-refractivity contribution in [2.24, 2.45) is 10.9 Å². The van der Waals surface area contributed by atoms with E-state index in [1.807, 2.05) is 11.8 Å². The maximum absolute atomic E-state index is 11.0. The van der Waals surface area contributed by atoms with E-state index < -0.39 is 9.38 Å². The summed E-state index contributed by atoms with van der Waals surface area (Å²) in [6.45, 7) is 4.58. The summed E-state index contributed by atoms with van der Waals surface area (Å²) in [6.07, 6.45) is 1.80. The summed E-state index contributed by atoms with van der Waals surface area (Å²) in [5.41, 5.74) is 0. The summed E-state index contributed by atoms with van der Waals surface area (Å²) < 4.78 is 3.16. The summed E-state index contributed by atoms with van der Waals surface area (Å²) in [4.78, 5) is 16.4. The molecule has 0 radical (unpaired) electrons. The molecule has 19 heavy (non-hydrogen) atoms. The fourth-order valence-corrected chi connectivity index (χ4v) is 2.77. The van der Waals surface area contributed by atoms with Gasteiger partial charge in [0.15, 0.2) is 0 Å². The second-order valence-corrected chi connectivity index (χ2v) is 6.31. The van der Waals surface area contributed by atoms with Crippen LogP contribution in [0.2, 0.25) is 0 Å². The van der Waals surface area contributed by atoms with Gasteiger partial charge in [-0.25, -0.2) is 0 Å². The van der Waals surface area contributed by atoms with E-state index in [0.29, 0.717) is 25.6 Å². The number of amidine groups is 1. The van der Waals surface area contributed by atoms with Crippen LogP contribution >= 0.6 is 23.2 Å². The van der Waals surface area contributed by atoms with Gasteiger partial charge in [0.2, 0.25) is 5.84 Å². The highest BCUT2D eigenvalue weighted by Crippen LogP contribution is 2.30. The van der Waals surface area contributed by atoms with Crippen LogP contribution in [0.15, 0.2) is 4.99 Å². The Morgan fingerprint density at radius 1 is 1.58 bits per heavy atom. The monoisotopic (exact) mass is 309 g/mol. The number of rotatable bonds is 4. The number of aliphatic imine (C=N–C) groups is 1. The Balaban J connectivity index is 2.18. The smallest absolute Gasteiger partial charge is 0.381 e. The van der Waals surface area contributed by atoms with Gasteiger partial charge in [-0.15, -0.1) is 0 Å². The quantitative estimate of drug-likeness (QED) is 0.344. The summed E-state index contributed by atoms with van der Waals surface area (Å²) >= 11 is 11.7. The summed E-state index contributed by atoms with van der Waals surface area (Å²) in [7, 11) is 0. The Hall–Kier alpha value is -0.590. The molecule has 0 amide bonds. The zero-order valence-electron chi connectivity index (χ0n) is 10.7. The molecule has 0 saturated carbocycles. The Morgan fingerprint density at radius 3 is 2.89 bits per heavy atom. The van der Waals surface area contributed by atoms with Gasteiger partial charge in [0.05, 0.1) is 11.5 Å². The average Bonchev–Trinajstić information content (AvgIpc) is 2.84. The van der Waals surface area contributed by atoms with E-state index in [1.54, 1.807) is 0 Å². The Kier molecular flexibility index (Phi) is 4.53. The van der Waals surface area contributed by atoms with E-state index in [1.165, 1.54) is 0 Å². The second-order valence-electron chi connectivity index (χ2n) is 5.02. The molecule has 0 spiro atoms. The molecule has 0 N–H and O–H groups in total. The van der Waals surface area contributed by atoms with Gasteiger partial charge in [-0.1, -0.05) is 0 Å². The molecule has 1 fully saturated rings. The Bertz CT molecular complexity index is 383.